The third-order valence-electron chi connectivity index (χ3n) is 2.93. The van der Waals surface area contributed by atoms with Crippen molar-refractivity contribution >= 4 is 27.6 Å². The lowest BCUT2D eigenvalue weighted by Gasteiger charge is -2.17. The Labute approximate surface area is 137 Å². The lowest BCUT2D eigenvalue weighted by Crippen LogP contribution is -2.43. The van der Waals surface area contributed by atoms with Gasteiger partial charge in [0.1, 0.15) is 9.84 Å². The minimum atomic E-state index is -2.92. The number of sulfone groups is 1. The molecule has 0 saturated carbocycles. The molecular formula is C15H25N3O2S2. The van der Waals surface area contributed by atoms with Crippen molar-refractivity contribution in [3.05, 3.63) is 30.3 Å². The fourth-order valence-electron chi connectivity index (χ4n) is 1.75. The van der Waals surface area contributed by atoms with Crippen molar-refractivity contribution in [2.24, 2.45) is 4.99 Å². The summed E-state index contributed by atoms with van der Waals surface area (Å²) < 4.78 is 22.3. The molecule has 5 nitrogen and oxygen atoms in total. The highest BCUT2D eigenvalue weighted by atomic mass is 32.2. The van der Waals surface area contributed by atoms with Gasteiger partial charge in [0.25, 0.3) is 0 Å². The number of nitrogens with zero attached hydrogens (tertiary/aromatic N) is 1. The van der Waals surface area contributed by atoms with Gasteiger partial charge in [0.05, 0.1) is 5.75 Å². The molecule has 2 N–H and O–H groups in total. The maximum Gasteiger partial charge on any atom is 0.191 e. The Morgan fingerprint density at radius 1 is 1.32 bits per heavy atom. The minimum Gasteiger partial charge on any atom is -0.356 e. The summed E-state index contributed by atoms with van der Waals surface area (Å²) in [6.45, 7) is 2.74. The quantitative estimate of drug-likeness (QED) is 0.326. The van der Waals surface area contributed by atoms with E-state index < -0.39 is 9.84 Å². The number of hydrogen-bond acceptors (Lipinski definition) is 4. The third-order valence-corrected chi connectivity index (χ3v) is 4.93. The maximum absolute atomic E-state index is 11.2. The number of nitrogens with one attached hydrogen (secondary N) is 2. The largest absolute Gasteiger partial charge is 0.356 e. The van der Waals surface area contributed by atoms with Gasteiger partial charge in [0.15, 0.2) is 5.96 Å². The van der Waals surface area contributed by atoms with Gasteiger partial charge in [0, 0.05) is 36.5 Å². The summed E-state index contributed by atoms with van der Waals surface area (Å²) in [4.78, 5) is 5.40. The number of guanidine groups is 1. The predicted octanol–water partition coefficient (Wildman–Crippen LogP) is 1.77. The standard InChI is InChI=1S/C15H25N3O2S2/c1-13(9-12-22(3,19)20)18-15(16-2)17-10-11-21-14-7-5-4-6-8-14/h4-8,13H,9-12H2,1-3H3,(H2,16,17,18). The van der Waals surface area contributed by atoms with Gasteiger partial charge in [0.2, 0.25) is 0 Å². The molecule has 1 aromatic rings. The molecule has 0 saturated heterocycles. The lowest BCUT2D eigenvalue weighted by molar-refractivity contribution is 0.582. The van der Waals surface area contributed by atoms with Gasteiger partial charge in [-0.05, 0) is 25.5 Å². The van der Waals surface area contributed by atoms with E-state index in [1.807, 2.05) is 25.1 Å². The fraction of sp³-hybridized carbons (Fsp3) is 0.533. The van der Waals surface area contributed by atoms with E-state index in [0.717, 1.165) is 12.3 Å². The molecular weight excluding hydrogens is 318 g/mol. The number of hydrogen-bond donors (Lipinski definition) is 2. The third kappa shape index (κ3) is 8.94. The van der Waals surface area contributed by atoms with Crippen molar-refractivity contribution in [3.8, 4) is 0 Å². The molecule has 0 fully saturated rings. The Morgan fingerprint density at radius 2 is 2.00 bits per heavy atom. The molecule has 0 radical (unpaired) electrons. The zero-order chi connectivity index (χ0) is 16.4. The van der Waals surface area contributed by atoms with E-state index in [4.69, 9.17) is 0 Å². The van der Waals surface area contributed by atoms with E-state index in [2.05, 4.69) is 27.8 Å². The van der Waals surface area contributed by atoms with Crippen LogP contribution >= 0.6 is 11.8 Å². The SMILES string of the molecule is CN=C(NCCSc1ccccc1)NC(C)CCS(C)(=O)=O. The lowest BCUT2D eigenvalue weighted by atomic mass is 10.3. The summed E-state index contributed by atoms with van der Waals surface area (Å²) in [5.41, 5.74) is 0. The molecule has 0 aliphatic heterocycles. The molecule has 124 valence electrons. The molecule has 7 heteroatoms. The van der Waals surface area contributed by atoms with Crippen LogP contribution in [0.4, 0.5) is 0 Å². The zero-order valence-electron chi connectivity index (χ0n) is 13.4. The first-order valence-electron chi connectivity index (χ1n) is 7.23. The normalized spacial score (nSPS) is 13.7. The van der Waals surface area contributed by atoms with Crippen LogP contribution in [0.3, 0.4) is 0 Å². The van der Waals surface area contributed by atoms with E-state index in [0.29, 0.717) is 12.4 Å². The van der Waals surface area contributed by atoms with Crippen LogP contribution in [0.2, 0.25) is 0 Å². The summed E-state index contributed by atoms with van der Waals surface area (Å²) in [6.07, 6.45) is 1.83. The van der Waals surface area contributed by atoms with Crippen molar-refractivity contribution in [3.63, 3.8) is 0 Å². The predicted molar refractivity (Wildman–Crippen MR) is 95.5 cm³/mol. The average molecular weight is 344 g/mol. The maximum atomic E-state index is 11.2. The summed E-state index contributed by atoms with van der Waals surface area (Å²) in [7, 11) is -1.21. The van der Waals surface area contributed by atoms with Gasteiger partial charge in [-0.1, -0.05) is 18.2 Å². The molecule has 0 aromatic heterocycles. The molecule has 0 aliphatic rings. The molecule has 0 bridgehead atoms. The molecule has 0 amide bonds. The van der Waals surface area contributed by atoms with Crippen LogP contribution in [-0.4, -0.2) is 51.8 Å². The number of aliphatic imine (C=N–C) groups is 1. The van der Waals surface area contributed by atoms with Gasteiger partial charge >= 0.3 is 0 Å². The topological polar surface area (TPSA) is 70.6 Å². The van der Waals surface area contributed by atoms with E-state index in [1.165, 1.54) is 11.2 Å². The van der Waals surface area contributed by atoms with Crippen LogP contribution in [0.1, 0.15) is 13.3 Å². The van der Waals surface area contributed by atoms with Crippen LogP contribution < -0.4 is 10.6 Å². The van der Waals surface area contributed by atoms with Crippen molar-refractivity contribution in [1.82, 2.24) is 10.6 Å². The van der Waals surface area contributed by atoms with Crippen LogP contribution in [-0.2, 0) is 9.84 Å². The van der Waals surface area contributed by atoms with Gasteiger partial charge in [-0.25, -0.2) is 8.42 Å². The van der Waals surface area contributed by atoms with Gasteiger partial charge in [-0.15, -0.1) is 11.8 Å². The van der Waals surface area contributed by atoms with E-state index in [-0.39, 0.29) is 11.8 Å². The Kier molecular flexibility index (Phi) is 8.34. The smallest absolute Gasteiger partial charge is 0.191 e. The van der Waals surface area contributed by atoms with Crippen molar-refractivity contribution < 1.29 is 8.42 Å². The van der Waals surface area contributed by atoms with Crippen molar-refractivity contribution in [2.45, 2.75) is 24.3 Å². The van der Waals surface area contributed by atoms with Crippen molar-refractivity contribution in [2.75, 3.05) is 31.4 Å². The second kappa shape index (κ2) is 9.74. The first kappa shape index (κ1) is 18.8. The molecule has 0 spiro atoms. The Balaban J connectivity index is 2.25. The highest BCUT2D eigenvalue weighted by molar-refractivity contribution is 7.99. The molecule has 22 heavy (non-hydrogen) atoms. The highest BCUT2D eigenvalue weighted by Crippen LogP contribution is 2.15. The summed E-state index contributed by atoms with van der Waals surface area (Å²) >= 11 is 1.78. The molecule has 1 aromatic carbocycles. The molecule has 1 atom stereocenters. The second-order valence-corrected chi connectivity index (χ2v) is 8.55. The van der Waals surface area contributed by atoms with Gasteiger partial charge in [-0.3, -0.25) is 4.99 Å². The first-order valence-corrected chi connectivity index (χ1v) is 10.3. The van der Waals surface area contributed by atoms with E-state index in [9.17, 15) is 8.42 Å². The average Bonchev–Trinajstić information content (AvgIpc) is 2.48. The Morgan fingerprint density at radius 3 is 2.59 bits per heavy atom. The van der Waals surface area contributed by atoms with E-state index >= 15 is 0 Å². The van der Waals surface area contributed by atoms with Crippen LogP contribution in [0.5, 0.6) is 0 Å². The summed E-state index contributed by atoms with van der Waals surface area (Å²) in [5.74, 6) is 1.82. The fourth-order valence-corrected chi connectivity index (χ4v) is 3.32. The number of thioether (sulfide) groups is 1. The summed E-state index contributed by atoms with van der Waals surface area (Å²) in [5, 5.41) is 6.44. The van der Waals surface area contributed by atoms with Crippen LogP contribution in [0.15, 0.2) is 40.2 Å². The number of rotatable bonds is 8. The first-order chi connectivity index (χ1) is 10.4. The van der Waals surface area contributed by atoms with E-state index in [1.54, 1.807) is 18.8 Å². The molecule has 0 heterocycles. The summed E-state index contributed by atoms with van der Waals surface area (Å²) in [6, 6.07) is 10.3. The minimum absolute atomic E-state index is 0.0581. The Bertz CT molecular complexity index is 559. The molecule has 1 unspecified atom stereocenters. The van der Waals surface area contributed by atoms with Crippen LogP contribution in [0, 0.1) is 0 Å². The molecule has 1 rings (SSSR count). The van der Waals surface area contributed by atoms with Crippen LogP contribution in [0.25, 0.3) is 0 Å². The second-order valence-electron chi connectivity index (χ2n) is 5.12. The van der Waals surface area contributed by atoms with Gasteiger partial charge < -0.3 is 10.6 Å². The monoisotopic (exact) mass is 343 g/mol. The van der Waals surface area contributed by atoms with Crippen molar-refractivity contribution in [1.29, 1.82) is 0 Å². The highest BCUT2D eigenvalue weighted by Gasteiger charge is 2.09. The number of benzene rings is 1. The molecule has 0 aliphatic carbocycles. The Hall–Kier alpha value is -1.21. The zero-order valence-corrected chi connectivity index (χ0v) is 15.0. The van der Waals surface area contributed by atoms with Gasteiger partial charge in [-0.2, -0.15) is 0 Å².